The summed E-state index contributed by atoms with van der Waals surface area (Å²) in [6.07, 6.45) is -15.4. The van der Waals surface area contributed by atoms with Crippen LogP contribution in [0, 0.1) is 0 Å². The first kappa shape index (κ1) is 18.3. The summed E-state index contributed by atoms with van der Waals surface area (Å²) in [4.78, 5) is 9.23. The molecule has 0 saturated carbocycles. The lowest BCUT2D eigenvalue weighted by Crippen LogP contribution is -2.84. The summed E-state index contributed by atoms with van der Waals surface area (Å²) < 4.78 is 14.8. The molecule has 3 fully saturated rings. The molecule has 3 aliphatic heterocycles. The van der Waals surface area contributed by atoms with Crippen molar-refractivity contribution in [2.75, 3.05) is 6.61 Å². The smallest absolute Gasteiger partial charge is 0.292 e. The Hall–Kier alpha value is -0.520. The number of hydrogen-bond donors (Lipinski definition) is 8. The van der Waals surface area contributed by atoms with Crippen molar-refractivity contribution in [1.29, 1.82) is 0 Å². The Balaban J connectivity index is 1.86. The first-order chi connectivity index (χ1) is 11.2. The molecule has 3 rings (SSSR count). The average molecular weight is 358 g/mol. The predicted molar refractivity (Wildman–Crippen MR) is 63.8 cm³/mol. The molecule has 0 unspecified atom stereocenters. The fraction of sp³-hybridized carbons (Fsp3) is 1.00. The first-order valence-electron chi connectivity index (χ1n) is 6.94. The van der Waals surface area contributed by atoms with Gasteiger partial charge < -0.3 is 55.1 Å². The van der Waals surface area contributed by atoms with Gasteiger partial charge in [-0.05, 0) is 0 Å². The zero-order valence-electron chi connectivity index (χ0n) is 11.9. The van der Waals surface area contributed by atoms with Gasteiger partial charge in [-0.1, -0.05) is 0 Å². The molecule has 0 aliphatic carbocycles. The minimum Gasteiger partial charge on any atom is -0.390 e. The van der Waals surface area contributed by atoms with Crippen LogP contribution in [0.3, 0.4) is 0 Å². The third kappa shape index (κ3) is 2.31. The van der Waals surface area contributed by atoms with Crippen LogP contribution in [0.4, 0.5) is 0 Å². The Morgan fingerprint density at radius 3 is 2.00 bits per heavy atom. The molecule has 0 aromatic heterocycles. The molecule has 3 saturated heterocycles. The zero-order chi connectivity index (χ0) is 17.9. The van der Waals surface area contributed by atoms with Gasteiger partial charge in [0.05, 0.1) is 0 Å². The summed E-state index contributed by atoms with van der Waals surface area (Å²) in [5.74, 6) is -4.74. The highest BCUT2D eigenvalue weighted by Gasteiger charge is 2.78. The first-order valence-corrected chi connectivity index (χ1v) is 6.94. The molecule has 0 amide bonds. The van der Waals surface area contributed by atoms with Crippen molar-refractivity contribution in [3.8, 4) is 0 Å². The van der Waals surface area contributed by atoms with Crippen LogP contribution in [0.2, 0.25) is 0 Å². The van der Waals surface area contributed by atoms with Gasteiger partial charge in [0.15, 0.2) is 18.9 Å². The number of aliphatic hydroxyl groups is 8. The van der Waals surface area contributed by atoms with E-state index in [1.807, 2.05) is 0 Å². The summed E-state index contributed by atoms with van der Waals surface area (Å²) >= 11 is 0. The summed E-state index contributed by atoms with van der Waals surface area (Å²) in [6, 6.07) is 0. The molecule has 24 heavy (non-hydrogen) atoms. The van der Waals surface area contributed by atoms with E-state index in [0.29, 0.717) is 0 Å². The maximum absolute atomic E-state index is 10.1. The van der Waals surface area contributed by atoms with Gasteiger partial charge >= 0.3 is 0 Å². The van der Waals surface area contributed by atoms with Crippen molar-refractivity contribution >= 4 is 0 Å². The van der Waals surface area contributed by atoms with Crippen LogP contribution < -0.4 is 0 Å². The van der Waals surface area contributed by atoms with E-state index in [2.05, 4.69) is 9.78 Å². The van der Waals surface area contributed by atoms with E-state index in [0.717, 1.165) is 0 Å². The Morgan fingerprint density at radius 1 is 0.792 bits per heavy atom. The highest BCUT2D eigenvalue weighted by molar-refractivity contribution is 5.06. The minimum atomic E-state index is -2.46. The molecule has 0 bridgehead atoms. The standard InChI is InChI=1S/C11H18O13/c12-1-10-11(24-23-10,6(17)5(16)8(19)21-10)22-9-4(15)2(13)3(14)7(18)20-9/h2-9,12-19H,1H2/t2-,3-,4+,5+,6-,7-,8+,9+,10+,11-/m0/s1. The Labute approximate surface area is 133 Å². The van der Waals surface area contributed by atoms with Crippen molar-refractivity contribution in [3.05, 3.63) is 0 Å². The SMILES string of the molecule is OC[C@@]12OO[C@@]1(O[C@H]1O[C@H](O)[C@@H](O)[C@H](O)[C@H]1O)[C@@H](O)[C@@H](O)[C@H](O)O2. The lowest BCUT2D eigenvalue weighted by molar-refractivity contribution is -0.705. The number of ether oxygens (including phenoxy) is 3. The van der Waals surface area contributed by atoms with Crippen molar-refractivity contribution in [1.82, 2.24) is 0 Å². The summed E-state index contributed by atoms with van der Waals surface area (Å²) in [7, 11) is 0. The van der Waals surface area contributed by atoms with Gasteiger partial charge in [-0.15, -0.1) is 0 Å². The minimum absolute atomic E-state index is 1.01. The lowest BCUT2D eigenvalue weighted by Gasteiger charge is -2.60. The predicted octanol–water partition coefficient (Wildman–Crippen LogP) is -5.82. The monoisotopic (exact) mass is 358 g/mol. The molecule has 13 nitrogen and oxygen atoms in total. The fourth-order valence-corrected chi connectivity index (χ4v) is 2.69. The van der Waals surface area contributed by atoms with Crippen molar-refractivity contribution in [3.63, 3.8) is 0 Å². The highest BCUT2D eigenvalue weighted by atomic mass is 17.3. The maximum atomic E-state index is 10.1. The second-order valence-electron chi connectivity index (χ2n) is 5.67. The van der Waals surface area contributed by atoms with E-state index in [1.54, 1.807) is 0 Å². The van der Waals surface area contributed by atoms with Gasteiger partial charge in [-0.2, -0.15) is 9.78 Å². The molecule has 3 aliphatic rings. The van der Waals surface area contributed by atoms with E-state index in [-0.39, 0.29) is 0 Å². The van der Waals surface area contributed by atoms with Crippen molar-refractivity contribution in [2.24, 2.45) is 0 Å². The largest absolute Gasteiger partial charge is 0.390 e. The number of rotatable bonds is 3. The van der Waals surface area contributed by atoms with Gasteiger partial charge in [-0.3, -0.25) is 0 Å². The molecule has 0 aromatic carbocycles. The average Bonchev–Trinajstić information content (AvgIpc) is 2.56. The van der Waals surface area contributed by atoms with E-state index >= 15 is 0 Å². The van der Waals surface area contributed by atoms with Crippen molar-refractivity contribution < 1.29 is 64.8 Å². The molecule has 10 atom stereocenters. The zero-order valence-corrected chi connectivity index (χ0v) is 11.9. The van der Waals surface area contributed by atoms with Crippen LogP contribution in [0.25, 0.3) is 0 Å². The van der Waals surface area contributed by atoms with Crippen LogP contribution in [0.1, 0.15) is 0 Å². The van der Waals surface area contributed by atoms with Gasteiger partial charge in [0.25, 0.3) is 11.6 Å². The van der Waals surface area contributed by atoms with Crippen LogP contribution in [0.5, 0.6) is 0 Å². The third-order valence-corrected chi connectivity index (χ3v) is 4.19. The topological polar surface area (TPSA) is 208 Å². The second-order valence-corrected chi connectivity index (χ2v) is 5.67. The highest BCUT2D eigenvalue weighted by Crippen LogP contribution is 2.51. The van der Waals surface area contributed by atoms with E-state index < -0.39 is 67.6 Å². The third-order valence-electron chi connectivity index (χ3n) is 4.19. The van der Waals surface area contributed by atoms with Gasteiger partial charge in [-0.25, -0.2) is 0 Å². The van der Waals surface area contributed by atoms with Gasteiger partial charge in [0, 0.05) is 0 Å². The number of fused-ring (bicyclic) bond motifs is 1. The molecular weight excluding hydrogens is 340 g/mol. The molecule has 13 heteroatoms. The van der Waals surface area contributed by atoms with Gasteiger partial charge in [0.2, 0.25) is 0 Å². The number of aliphatic hydroxyl groups excluding tert-OH is 8. The molecule has 8 N–H and O–H groups in total. The molecule has 3 heterocycles. The second kappa shape index (κ2) is 6.03. The quantitative estimate of drug-likeness (QED) is 0.221. The number of hydrogen-bond acceptors (Lipinski definition) is 13. The molecule has 0 radical (unpaired) electrons. The Bertz CT molecular complexity index is 473. The maximum Gasteiger partial charge on any atom is 0.292 e. The van der Waals surface area contributed by atoms with Crippen molar-refractivity contribution in [2.45, 2.75) is 61.0 Å². The summed E-state index contributed by atoms with van der Waals surface area (Å²) in [6.45, 7) is -1.01. The van der Waals surface area contributed by atoms with E-state index in [4.69, 9.17) is 14.2 Å². The molecule has 0 aromatic rings. The van der Waals surface area contributed by atoms with Crippen LogP contribution in [0.15, 0.2) is 0 Å². The van der Waals surface area contributed by atoms with Crippen LogP contribution in [-0.2, 0) is 24.0 Å². The van der Waals surface area contributed by atoms with E-state index in [1.165, 1.54) is 0 Å². The molecular formula is C11H18O13. The summed E-state index contributed by atoms with van der Waals surface area (Å²) in [5, 5.41) is 77.3. The lowest BCUT2D eigenvalue weighted by atomic mass is 9.90. The Kier molecular flexibility index (Phi) is 4.59. The summed E-state index contributed by atoms with van der Waals surface area (Å²) in [5.41, 5.74) is 0. The molecule has 140 valence electrons. The van der Waals surface area contributed by atoms with Crippen LogP contribution in [-0.4, -0.2) is 108 Å². The van der Waals surface area contributed by atoms with E-state index in [9.17, 15) is 40.9 Å². The van der Waals surface area contributed by atoms with Gasteiger partial charge in [0.1, 0.15) is 37.1 Å². The normalized spacial score (nSPS) is 58.0. The van der Waals surface area contributed by atoms with Crippen LogP contribution >= 0.6 is 0 Å². The molecule has 0 spiro atoms. The Morgan fingerprint density at radius 2 is 1.46 bits per heavy atom. The fourth-order valence-electron chi connectivity index (χ4n) is 2.69.